The molecule has 0 aliphatic heterocycles. The number of carboxylic acid groups (broad SMARTS) is 1. The van der Waals surface area contributed by atoms with E-state index >= 15 is 0 Å². The van der Waals surface area contributed by atoms with Gasteiger partial charge in [-0.2, -0.15) is 0 Å². The first-order valence-electron chi connectivity index (χ1n) is 8.15. The molecular weight excluding hydrogens is 254 g/mol. The van der Waals surface area contributed by atoms with Gasteiger partial charge < -0.3 is 10.4 Å². The van der Waals surface area contributed by atoms with Crippen molar-refractivity contribution >= 4 is 11.9 Å². The van der Waals surface area contributed by atoms with Gasteiger partial charge in [0, 0.05) is 12.5 Å². The lowest BCUT2D eigenvalue weighted by Crippen LogP contribution is -2.38. The van der Waals surface area contributed by atoms with Crippen LogP contribution in [0.15, 0.2) is 0 Å². The average molecular weight is 283 g/mol. The van der Waals surface area contributed by atoms with Crippen LogP contribution in [0.4, 0.5) is 0 Å². The van der Waals surface area contributed by atoms with E-state index in [4.69, 9.17) is 5.11 Å². The molecule has 0 saturated heterocycles. The third-order valence-electron chi connectivity index (χ3n) is 4.20. The van der Waals surface area contributed by atoms with Crippen LogP contribution in [-0.4, -0.2) is 23.0 Å². The molecule has 1 aliphatic rings. The first kappa shape index (κ1) is 17.0. The van der Waals surface area contributed by atoms with Gasteiger partial charge in [-0.25, -0.2) is 0 Å². The first-order valence-corrected chi connectivity index (χ1v) is 8.15. The number of carboxylic acids is 1. The zero-order valence-corrected chi connectivity index (χ0v) is 12.7. The zero-order valence-electron chi connectivity index (χ0n) is 12.7. The van der Waals surface area contributed by atoms with Gasteiger partial charge >= 0.3 is 5.97 Å². The van der Waals surface area contributed by atoms with Crippen molar-refractivity contribution in [1.82, 2.24) is 5.32 Å². The fourth-order valence-corrected chi connectivity index (χ4v) is 2.85. The van der Waals surface area contributed by atoms with E-state index in [0.29, 0.717) is 19.3 Å². The third-order valence-corrected chi connectivity index (χ3v) is 4.20. The van der Waals surface area contributed by atoms with Crippen LogP contribution in [0.25, 0.3) is 0 Å². The molecule has 116 valence electrons. The number of unbranched alkanes of at least 4 members (excludes halogenated alkanes) is 5. The number of aliphatic carboxylic acids is 1. The SMILES string of the molecule is CCCCCCCCC(=O)NC1CCC(C(=O)O)CC1. The molecule has 0 bridgehead atoms. The molecular formula is C16H29NO3. The van der Waals surface area contributed by atoms with Crippen molar-refractivity contribution < 1.29 is 14.7 Å². The summed E-state index contributed by atoms with van der Waals surface area (Å²) in [5.41, 5.74) is 0. The Morgan fingerprint density at radius 1 is 1.00 bits per heavy atom. The molecule has 1 amide bonds. The second-order valence-electron chi connectivity index (χ2n) is 5.97. The van der Waals surface area contributed by atoms with Crippen LogP contribution in [0.3, 0.4) is 0 Å². The van der Waals surface area contributed by atoms with E-state index in [1.165, 1.54) is 25.7 Å². The summed E-state index contributed by atoms with van der Waals surface area (Å²) >= 11 is 0. The van der Waals surface area contributed by atoms with Gasteiger partial charge in [-0.1, -0.05) is 39.0 Å². The quantitative estimate of drug-likeness (QED) is 0.636. The largest absolute Gasteiger partial charge is 0.481 e. The van der Waals surface area contributed by atoms with Crippen molar-refractivity contribution in [2.75, 3.05) is 0 Å². The van der Waals surface area contributed by atoms with Crippen molar-refractivity contribution in [2.24, 2.45) is 5.92 Å². The van der Waals surface area contributed by atoms with Gasteiger partial charge in [0.05, 0.1) is 5.92 Å². The highest BCUT2D eigenvalue weighted by atomic mass is 16.4. The Kier molecular flexibility index (Phi) is 8.31. The second kappa shape index (κ2) is 9.78. The van der Waals surface area contributed by atoms with Gasteiger partial charge in [-0.05, 0) is 32.1 Å². The number of carbonyl (C=O) groups excluding carboxylic acids is 1. The fourth-order valence-electron chi connectivity index (χ4n) is 2.85. The maximum atomic E-state index is 11.8. The summed E-state index contributed by atoms with van der Waals surface area (Å²) < 4.78 is 0. The van der Waals surface area contributed by atoms with Crippen LogP contribution in [0.1, 0.15) is 77.6 Å². The van der Waals surface area contributed by atoms with Gasteiger partial charge in [0.2, 0.25) is 5.91 Å². The predicted molar refractivity (Wildman–Crippen MR) is 79.5 cm³/mol. The van der Waals surface area contributed by atoms with E-state index in [1.54, 1.807) is 0 Å². The summed E-state index contributed by atoms with van der Waals surface area (Å²) in [4.78, 5) is 22.6. The standard InChI is InChI=1S/C16H29NO3/c1-2-3-4-5-6-7-8-15(18)17-14-11-9-13(10-12-14)16(19)20/h13-14H,2-12H2,1H3,(H,17,18)(H,19,20). The molecule has 1 fully saturated rings. The van der Waals surface area contributed by atoms with Crippen molar-refractivity contribution in [3.05, 3.63) is 0 Å². The maximum absolute atomic E-state index is 11.8. The lowest BCUT2D eigenvalue weighted by molar-refractivity contribution is -0.142. The van der Waals surface area contributed by atoms with Crippen LogP contribution >= 0.6 is 0 Å². The third kappa shape index (κ3) is 6.92. The smallest absolute Gasteiger partial charge is 0.306 e. The van der Waals surface area contributed by atoms with Crippen LogP contribution in [0, 0.1) is 5.92 Å². The molecule has 4 nitrogen and oxygen atoms in total. The summed E-state index contributed by atoms with van der Waals surface area (Å²) in [7, 11) is 0. The molecule has 1 saturated carbocycles. The van der Waals surface area contributed by atoms with Crippen molar-refractivity contribution in [2.45, 2.75) is 83.6 Å². The van der Waals surface area contributed by atoms with E-state index in [-0.39, 0.29) is 17.9 Å². The summed E-state index contributed by atoms with van der Waals surface area (Å²) in [6.45, 7) is 2.20. The summed E-state index contributed by atoms with van der Waals surface area (Å²) in [6.07, 6.45) is 10.8. The number of amides is 1. The molecule has 0 aromatic heterocycles. The highest BCUT2D eigenvalue weighted by Gasteiger charge is 2.26. The molecule has 0 atom stereocenters. The Hall–Kier alpha value is -1.06. The molecule has 4 heteroatoms. The van der Waals surface area contributed by atoms with Gasteiger partial charge in [-0.15, -0.1) is 0 Å². The van der Waals surface area contributed by atoms with Crippen molar-refractivity contribution in [3.63, 3.8) is 0 Å². The minimum absolute atomic E-state index is 0.138. The molecule has 2 N–H and O–H groups in total. The molecule has 20 heavy (non-hydrogen) atoms. The lowest BCUT2D eigenvalue weighted by atomic mass is 9.86. The molecule has 0 unspecified atom stereocenters. The van der Waals surface area contributed by atoms with E-state index in [0.717, 1.165) is 25.7 Å². The molecule has 0 heterocycles. The average Bonchev–Trinajstić information content (AvgIpc) is 2.43. The summed E-state index contributed by atoms with van der Waals surface area (Å²) in [5.74, 6) is -0.761. The summed E-state index contributed by atoms with van der Waals surface area (Å²) in [6, 6.07) is 0.193. The highest BCUT2D eigenvalue weighted by molar-refractivity contribution is 5.76. The number of rotatable bonds is 9. The monoisotopic (exact) mass is 283 g/mol. The normalized spacial score (nSPS) is 22.4. The minimum atomic E-state index is -0.693. The molecule has 0 aromatic rings. The van der Waals surface area contributed by atoms with E-state index < -0.39 is 5.97 Å². The minimum Gasteiger partial charge on any atom is -0.481 e. The van der Waals surface area contributed by atoms with Crippen LogP contribution in [0.2, 0.25) is 0 Å². The Morgan fingerprint density at radius 3 is 2.20 bits per heavy atom. The molecule has 0 aromatic carbocycles. The van der Waals surface area contributed by atoms with E-state index in [1.807, 2.05) is 0 Å². The topological polar surface area (TPSA) is 66.4 Å². The Balaban J connectivity index is 2.04. The lowest BCUT2D eigenvalue weighted by Gasteiger charge is -2.26. The second-order valence-corrected chi connectivity index (χ2v) is 5.97. The molecule has 0 radical (unpaired) electrons. The summed E-state index contributed by atoms with van der Waals surface area (Å²) in [5, 5.41) is 12.0. The van der Waals surface area contributed by atoms with Crippen molar-refractivity contribution in [3.8, 4) is 0 Å². The first-order chi connectivity index (χ1) is 9.63. The van der Waals surface area contributed by atoms with E-state index in [2.05, 4.69) is 12.2 Å². The van der Waals surface area contributed by atoms with E-state index in [9.17, 15) is 9.59 Å². The number of nitrogens with one attached hydrogen (secondary N) is 1. The van der Waals surface area contributed by atoms with Crippen LogP contribution in [0.5, 0.6) is 0 Å². The van der Waals surface area contributed by atoms with Gasteiger partial charge in [0.25, 0.3) is 0 Å². The molecule has 0 spiro atoms. The molecule has 1 aliphatic carbocycles. The Bertz CT molecular complexity index is 296. The van der Waals surface area contributed by atoms with Crippen molar-refractivity contribution in [1.29, 1.82) is 0 Å². The predicted octanol–water partition coefficient (Wildman–Crippen LogP) is 3.50. The highest BCUT2D eigenvalue weighted by Crippen LogP contribution is 2.24. The maximum Gasteiger partial charge on any atom is 0.306 e. The van der Waals surface area contributed by atoms with Crippen LogP contribution < -0.4 is 5.32 Å². The van der Waals surface area contributed by atoms with Gasteiger partial charge in [0.1, 0.15) is 0 Å². The fraction of sp³-hybridized carbons (Fsp3) is 0.875. The molecule has 1 rings (SSSR count). The number of hydrogen-bond acceptors (Lipinski definition) is 2. The zero-order chi connectivity index (χ0) is 14.8. The Labute approximate surface area is 122 Å². The van der Waals surface area contributed by atoms with Crippen LogP contribution in [-0.2, 0) is 9.59 Å². The number of carbonyl (C=O) groups is 2. The van der Waals surface area contributed by atoms with Gasteiger partial charge in [0.15, 0.2) is 0 Å². The Morgan fingerprint density at radius 2 is 1.60 bits per heavy atom. The number of hydrogen-bond donors (Lipinski definition) is 2. The van der Waals surface area contributed by atoms with Gasteiger partial charge in [-0.3, -0.25) is 9.59 Å².